The van der Waals surface area contributed by atoms with Crippen LogP contribution in [0.1, 0.15) is 35.8 Å². The summed E-state index contributed by atoms with van der Waals surface area (Å²) in [6, 6.07) is 7.87. The lowest BCUT2D eigenvalue weighted by molar-refractivity contribution is 0.238. The van der Waals surface area contributed by atoms with E-state index in [9.17, 15) is 5.11 Å². The van der Waals surface area contributed by atoms with Crippen molar-refractivity contribution in [2.24, 2.45) is 0 Å². The molecule has 0 aliphatic carbocycles. The van der Waals surface area contributed by atoms with Crippen molar-refractivity contribution in [3.8, 4) is 0 Å². The van der Waals surface area contributed by atoms with Gasteiger partial charge in [0, 0.05) is 30.1 Å². The van der Waals surface area contributed by atoms with E-state index in [0.717, 1.165) is 47.9 Å². The second-order valence-electron chi connectivity index (χ2n) is 5.07. The van der Waals surface area contributed by atoms with Crippen LogP contribution in [0.5, 0.6) is 0 Å². The third kappa shape index (κ3) is 2.53. The average molecular weight is 277 g/mol. The number of aliphatic hydroxyl groups is 1. The maximum absolute atomic E-state index is 9.41. The maximum Gasteiger partial charge on any atom is 0.114 e. The number of fused-ring (bicyclic) bond motifs is 1. The number of halogens is 1. The smallest absolute Gasteiger partial charge is 0.114 e. The lowest BCUT2D eigenvalue weighted by atomic mass is 10.0. The number of aliphatic hydroxyl groups excluding tert-OH is 1. The molecule has 3 nitrogen and oxygen atoms in total. The zero-order chi connectivity index (χ0) is 13.2. The fraction of sp³-hybridized carbons (Fsp3) is 0.400. The van der Waals surface area contributed by atoms with Crippen molar-refractivity contribution in [3.63, 3.8) is 0 Å². The number of nitrogens with zero attached hydrogens (tertiary/aromatic N) is 2. The van der Waals surface area contributed by atoms with Crippen molar-refractivity contribution in [3.05, 3.63) is 52.6 Å². The molecule has 0 spiro atoms. The van der Waals surface area contributed by atoms with Crippen LogP contribution in [0.2, 0.25) is 5.02 Å². The molecule has 2 aromatic rings. The number of hydrogen-bond donors (Lipinski definition) is 1. The summed E-state index contributed by atoms with van der Waals surface area (Å²) in [6.07, 6.45) is 4.98. The van der Waals surface area contributed by atoms with E-state index >= 15 is 0 Å². The van der Waals surface area contributed by atoms with Crippen LogP contribution >= 0.6 is 11.6 Å². The van der Waals surface area contributed by atoms with E-state index in [0.29, 0.717) is 0 Å². The summed E-state index contributed by atoms with van der Waals surface area (Å²) < 4.78 is 2.18. The van der Waals surface area contributed by atoms with Gasteiger partial charge in [0.1, 0.15) is 5.82 Å². The Labute approximate surface area is 117 Å². The Morgan fingerprint density at radius 3 is 3.00 bits per heavy atom. The lowest BCUT2D eigenvalue weighted by Crippen LogP contribution is -2.18. The standard InChI is InChI=1S/C15H17ClN2O/c16-14-6-2-1-4-11(14)8-13-9-18-7-3-5-12(10-19)15(18)17-13/h1-2,4,6,9,12,19H,3,5,7-8,10H2. The highest BCUT2D eigenvalue weighted by atomic mass is 35.5. The quantitative estimate of drug-likeness (QED) is 0.936. The number of rotatable bonds is 3. The van der Waals surface area contributed by atoms with E-state index in [1.807, 2.05) is 24.3 Å². The van der Waals surface area contributed by atoms with Crippen molar-refractivity contribution >= 4 is 11.6 Å². The first-order valence-electron chi connectivity index (χ1n) is 6.68. The lowest BCUT2D eigenvalue weighted by Gasteiger charge is -2.21. The van der Waals surface area contributed by atoms with Gasteiger partial charge in [-0.2, -0.15) is 0 Å². The number of imidazole rings is 1. The van der Waals surface area contributed by atoms with Crippen LogP contribution in [0, 0.1) is 0 Å². The predicted octanol–water partition coefficient (Wildman–Crippen LogP) is 3.00. The zero-order valence-electron chi connectivity index (χ0n) is 10.7. The molecule has 0 amide bonds. The summed E-state index contributed by atoms with van der Waals surface area (Å²) >= 11 is 6.18. The summed E-state index contributed by atoms with van der Waals surface area (Å²) in [5.74, 6) is 1.21. The Morgan fingerprint density at radius 2 is 2.21 bits per heavy atom. The molecule has 0 radical (unpaired) electrons. The highest BCUT2D eigenvalue weighted by Crippen LogP contribution is 2.27. The van der Waals surface area contributed by atoms with Crippen LogP contribution < -0.4 is 0 Å². The molecule has 1 aromatic heterocycles. The Kier molecular flexibility index (Phi) is 3.58. The molecule has 1 aromatic carbocycles. The second-order valence-corrected chi connectivity index (χ2v) is 5.48. The minimum absolute atomic E-state index is 0.183. The van der Waals surface area contributed by atoms with Crippen molar-refractivity contribution < 1.29 is 5.11 Å². The number of benzene rings is 1. The van der Waals surface area contributed by atoms with Gasteiger partial charge in [-0.3, -0.25) is 0 Å². The molecule has 1 aliphatic heterocycles. The Bertz CT molecular complexity index is 579. The highest BCUT2D eigenvalue weighted by Gasteiger charge is 2.22. The second kappa shape index (κ2) is 5.35. The van der Waals surface area contributed by atoms with Crippen LogP contribution in [0.25, 0.3) is 0 Å². The van der Waals surface area contributed by atoms with E-state index in [-0.39, 0.29) is 12.5 Å². The molecule has 1 unspecified atom stereocenters. The minimum Gasteiger partial charge on any atom is -0.396 e. The maximum atomic E-state index is 9.41. The summed E-state index contributed by atoms with van der Waals surface area (Å²) in [4.78, 5) is 4.68. The van der Waals surface area contributed by atoms with Gasteiger partial charge < -0.3 is 9.67 Å². The first-order valence-corrected chi connectivity index (χ1v) is 7.06. The van der Waals surface area contributed by atoms with Crippen LogP contribution in [0.4, 0.5) is 0 Å². The van der Waals surface area contributed by atoms with Crippen LogP contribution in [-0.2, 0) is 13.0 Å². The Hall–Kier alpha value is -1.32. The van der Waals surface area contributed by atoms with Gasteiger partial charge in [-0.1, -0.05) is 29.8 Å². The van der Waals surface area contributed by atoms with Crippen molar-refractivity contribution in [2.45, 2.75) is 31.7 Å². The van der Waals surface area contributed by atoms with E-state index in [1.54, 1.807) is 0 Å². The molecule has 1 aliphatic rings. The molecule has 3 rings (SSSR count). The van der Waals surface area contributed by atoms with Gasteiger partial charge in [-0.15, -0.1) is 0 Å². The molecule has 0 saturated heterocycles. The van der Waals surface area contributed by atoms with Crippen molar-refractivity contribution in [2.75, 3.05) is 6.61 Å². The molecule has 100 valence electrons. The topological polar surface area (TPSA) is 38.0 Å². The first-order chi connectivity index (χ1) is 9.28. The molecule has 0 fully saturated rings. The van der Waals surface area contributed by atoms with Gasteiger partial charge in [0.05, 0.1) is 12.3 Å². The SMILES string of the molecule is OCC1CCCn2cc(Cc3ccccc3Cl)nc21. The molecule has 0 bridgehead atoms. The molecular weight excluding hydrogens is 260 g/mol. The van der Waals surface area contributed by atoms with E-state index in [1.165, 1.54) is 0 Å². The number of hydrogen-bond acceptors (Lipinski definition) is 2. The fourth-order valence-corrected chi connectivity index (χ4v) is 2.93. The van der Waals surface area contributed by atoms with E-state index < -0.39 is 0 Å². The summed E-state index contributed by atoms with van der Waals surface area (Å²) in [6.45, 7) is 1.18. The van der Waals surface area contributed by atoms with Gasteiger partial charge in [-0.05, 0) is 24.5 Å². The van der Waals surface area contributed by atoms with Crippen molar-refractivity contribution in [1.29, 1.82) is 0 Å². The number of aryl methyl sites for hydroxylation is 1. The molecule has 0 saturated carbocycles. The van der Waals surface area contributed by atoms with Gasteiger partial charge in [0.15, 0.2) is 0 Å². The van der Waals surface area contributed by atoms with Crippen LogP contribution in [-0.4, -0.2) is 21.3 Å². The van der Waals surface area contributed by atoms with Crippen LogP contribution in [0.3, 0.4) is 0 Å². The predicted molar refractivity (Wildman–Crippen MR) is 75.5 cm³/mol. The van der Waals surface area contributed by atoms with Crippen molar-refractivity contribution in [1.82, 2.24) is 9.55 Å². The zero-order valence-corrected chi connectivity index (χ0v) is 11.5. The minimum atomic E-state index is 0.183. The van der Waals surface area contributed by atoms with Gasteiger partial charge in [-0.25, -0.2) is 4.98 Å². The first kappa shape index (κ1) is 12.7. The molecule has 19 heavy (non-hydrogen) atoms. The number of aromatic nitrogens is 2. The Morgan fingerprint density at radius 1 is 1.37 bits per heavy atom. The average Bonchev–Trinajstić information content (AvgIpc) is 2.83. The molecular formula is C15H17ClN2O. The normalized spacial score (nSPS) is 18.3. The van der Waals surface area contributed by atoms with E-state index in [2.05, 4.69) is 15.7 Å². The molecule has 4 heteroatoms. The molecule has 1 N–H and O–H groups in total. The van der Waals surface area contributed by atoms with Gasteiger partial charge in [0.25, 0.3) is 0 Å². The molecule has 2 heterocycles. The third-order valence-electron chi connectivity index (χ3n) is 3.72. The highest BCUT2D eigenvalue weighted by molar-refractivity contribution is 6.31. The third-order valence-corrected chi connectivity index (χ3v) is 4.09. The summed E-state index contributed by atoms with van der Waals surface area (Å²) in [7, 11) is 0. The summed E-state index contributed by atoms with van der Waals surface area (Å²) in [5, 5.41) is 10.2. The monoisotopic (exact) mass is 276 g/mol. The largest absolute Gasteiger partial charge is 0.396 e. The van der Waals surface area contributed by atoms with Gasteiger partial charge >= 0.3 is 0 Å². The van der Waals surface area contributed by atoms with Crippen LogP contribution in [0.15, 0.2) is 30.5 Å². The summed E-state index contributed by atoms with van der Waals surface area (Å²) in [5.41, 5.74) is 2.13. The van der Waals surface area contributed by atoms with E-state index in [4.69, 9.17) is 11.6 Å². The Balaban J connectivity index is 1.87. The molecule has 1 atom stereocenters. The fourth-order valence-electron chi connectivity index (χ4n) is 2.72. The van der Waals surface area contributed by atoms with Gasteiger partial charge in [0.2, 0.25) is 0 Å².